The summed E-state index contributed by atoms with van der Waals surface area (Å²) in [6.07, 6.45) is 3.79. The van der Waals surface area contributed by atoms with E-state index in [4.69, 9.17) is 23.2 Å². The molecule has 0 spiro atoms. The molecular weight excluding hydrogens is 285 g/mol. The Labute approximate surface area is 124 Å². The summed E-state index contributed by atoms with van der Waals surface area (Å²) < 4.78 is 0. The molecule has 1 nitrogen and oxygen atoms in total. The van der Waals surface area contributed by atoms with Crippen LogP contribution in [0.2, 0.25) is 10.0 Å². The molecule has 1 aliphatic carbocycles. The maximum atomic E-state index is 6.24. The van der Waals surface area contributed by atoms with Gasteiger partial charge in [-0.3, -0.25) is 0 Å². The first-order valence-corrected chi connectivity index (χ1v) is 8.02. The standard InChI is InChI=1S/C14H19Cl2NS/c1-9-3-6-12(17-2)14(7-9)18-13-8-10(15)4-5-11(13)16/h4-5,8-9,12,14,17H,3,6-7H2,1-2H3. The Hall–Kier alpha value is 0.110. The Morgan fingerprint density at radius 3 is 2.78 bits per heavy atom. The topological polar surface area (TPSA) is 12.0 Å². The molecule has 1 N–H and O–H groups in total. The van der Waals surface area contributed by atoms with Crippen LogP contribution in [0.3, 0.4) is 0 Å². The maximum absolute atomic E-state index is 6.24. The first-order chi connectivity index (χ1) is 8.60. The van der Waals surface area contributed by atoms with Crippen molar-refractivity contribution in [2.24, 2.45) is 5.92 Å². The van der Waals surface area contributed by atoms with E-state index in [1.54, 1.807) is 0 Å². The van der Waals surface area contributed by atoms with Gasteiger partial charge in [-0.15, -0.1) is 11.8 Å². The second-order valence-electron chi connectivity index (χ2n) is 5.04. The second kappa shape index (κ2) is 6.51. The van der Waals surface area contributed by atoms with Crippen molar-refractivity contribution in [3.05, 3.63) is 28.2 Å². The fourth-order valence-corrected chi connectivity index (χ4v) is 4.57. The Balaban J connectivity index is 2.12. The lowest BCUT2D eigenvalue weighted by atomic mass is 9.87. The molecule has 0 saturated heterocycles. The van der Waals surface area contributed by atoms with Gasteiger partial charge in [0.05, 0.1) is 5.02 Å². The number of nitrogens with one attached hydrogen (secondary N) is 1. The monoisotopic (exact) mass is 303 g/mol. The number of hydrogen-bond donors (Lipinski definition) is 1. The Morgan fingerprint density at radius 2 is 2.06 bits per heavy atom. The minimum Gasteiger partial charge on any atom is -0.316 e. The third-order valence-corrected chi connectivity index (χ3v) is 5.69. The molecule has 1 aliphatic rings. The first-order valence-electron chi connectivity index (χ1n) is 6.39. The second-order valence-corrected chi connectivity index (χ2v) is 7.17. The number of rotatable bonds is 3. The lowest BCUT2D eigenvalue weighted by Crippen LogP contribution is -2.40. The molecule has 1 aromatic carbocycles. The molecule has 0 heterocycles. The van der Waals surface area contributed by atoms with E-state index in [0.29, 0.717) is 11.3 Å². The van der Waals surface area contributed by atoms with Crippen molar-refractivity contribution in [1.29, 1.82) is 0 Å². The predicted molar refractivity (Wildman–Crippen MR) is 82.0 cm³/mol. The quantitative estimate of drug-likeness (QED) is 0.855. The Bertz CT molecular complexity index is 411. The van der Waals surface area contributed by atoms with Gasteiger partial charge in [0.25, 0.3) is 0 Å². The molecule has 0 radical (unpaired) electrons. The smallest absolute Gasteiger partial charge is 0.0543 e. The molecule has 3 atom stereocenters. The summed E-state index contributed by atoms with van der Waals surface area (Å²) in [6.45, 7) is 2.33. The molecule has 4 heteroatoms. The van der Waals surface area contributed by atoms with Gasteiger partial charge in [-0.25, -0.2) is 0 Å². The van der Waals surface area contributed by atoms with Crippen molar-refractivity contribution < 1.29 is 0 Å². The molecule has 3 unspecified atom stereocenters. The third kappa shape index (κ3) is 3.57. The van der Waals surface area contributed by atoms with Crippen LogP contribution in [0.1, 0.15) is 26.2 Å². The van der Waals surface area contributed by atoms with Gasteiger partial charge in [-0.1, -0.05) is 30.1 Å². The number of halogens is 2. The lowest BCUT2D eigenvalue weighted by molar-refractivity contribution is 0.329. The van der Waals surface area contributed by atoms with E-state index in [9.17, 15) is 0 Å². The van der Waals surface area contributed by atoms with Gasteiger partial charge in [0, 0.05) is 21.2 Å². The molecule has 1 saturated carbocycles. The van der Waals surface area contributed by atoms with E-state index >= 15 is 0 Å². The zero-order valence-corrected chi connectivity index (χ0v) is 13.1. The fraction of sp³-hybridized carbons (Fsp3) is 0.571. The highest BCUT2D eigenvalue weighted by Gasteiger charge is 2.28. The Kier molecular flexibility index (Phi) is 5.25. The van der Waals surface area contributed by atoms with Crippen molar-refractivity contribution >= 4 is 35.0 Å². The molecule has 2 rings (SSSR count). The fourth-order valence-electron chi connectivity index (χ4n) is 2.52. The molecule has 1 aromatic rings. The van der Waals surface area contributed by atoms with Crippen LogP contribution in [-0.4, -0.2) is 18.3 Å². The number of hydrogen-bond acceptors (Lipinski definition) is 2. The van der Waals surface area contributed by atoms with Crippen LogP contribution in [0.4, 0.5) is 0 Å². The normalized spacial score (nSPS) is 28.3. The molecule has 0 aliphatic heterocycles. The van der Waals surface area contributed by atoms with Crippen LogP contribution in [0.15, 0.2) is 23.1 Å². The van der Waals surface area contributed by atoms with Crippen LogP contribution in [-0.2, 0) is 0 Å². The summed E-state index contributed by atoms with van der Waals surface area (Å²) in [5.41, 5.74) is 0. The van der Waals surface area contributed by atoms with Gasteiger partial charge in [-0.2, -0.15) is 0 Å². The minimum absolute atomic E-state index is 0.571. The van der Waals surface area contributed by atoms with Crippen LogP contribution >= 0.6 is 35.0 Å². The predicted octanol–water partition coefficient (Wildman–Crippen LogP) is 4.86. The molecule has 0 amide bonds. The van der Waals surface area contributed by atoms with E-state index in [-0.39, 0.29) is 0 Å². The van der Waals surface area contributed by atoms with Crippen molar-refractivity contribution in [2.45, 2.75) is 42.4 Å². The summed E-state index contributed by atoms with van der Waals surface area (Å²) in [5, 5.41) is 5.57. The van der Waals surface area contributed by atoms with Crippen LogP contribution < -0.4 is 5.32 Å². The molecule has 100 valence electrons. The largest absolute Gasteiger partial charge is 0.316 e. The first kappa shape index (κ1) is 14.5. The van der Waals surface area contributed by atoms with Crippen LogP contribution in [0, 0.1) is 5.92 Å². The van der Waals surface area contributed by atoms with Gasteiger partial charge in [0.2, 0.25) is 0 Å². The molecule has 1 fully saturated rings. The zero-order valence-electron chi connectivity index (χ0n) is 10.7. The molecular formula is C14H19Cl2NS. The van der Waals surface area contributed by atoms with Crippen LogP contribution in [0.5, 0.6) is 0 Å². The lowest BCUT2D eigenvalue weighted by Gasteiger charge is -2.34. The summed E-state index contributed by atoms with van der Waals surface area (Å²) in [4.78, 5) is 1.10. The Morgan fingerprint density at radius 1 is 1.28 bits per heavy atom. The average molecular weight is 304 g/mol. The van der Waals surface area contributed by atoms with E-state index in [1.165, 1.54) is 19.3 Å². The van der Waals surface area contributed by atoms with E-state index < -0.39 is 0 Å². The van der Waals surface area contributed by atoms with Crippen molar-refractivity contribution in [2.75, 3.05) is 7.05 Å². The highest BCUT2D eigenvalue weighted by atomic mass is 35.5. The molecule has 0 aromatic heterocycles. The van der Waals surface area contributed by atoms with Crippen molar-refractivity contribution in [1.82, 2.24) is 5.32 Å². The zero-order chi connectivity index (χ0) is 13.1. The maximum Gasteiger partial charge on any atom is 0.0543 e. The number of thioether (sulfide) groups is 1. The summed E-state index contributed by atoms with van der Waals surface area (Å²) in [5.74, 6) is 0.796. The SMILES string of the molecule is CNC1CCC(C)CC1Sc1cc(Cl)ccc1Cl. The van der Waals surface area contributed by atoms with Gasteiger partial charge >= 0.3 is 0 Å². The van der Waals surface area contributed by atoms with Gasteiger partial charge in [0.15, 0.2) is 0 Å². The van der Waals surface area contributed by atoms with Crippen LogP contribution in [0.25, 0.3) is 0 Å². The van der Waals surface area contributed by atoms with Gasteiger partial charge in [-0.05, 0) is 50.4 Å². The third-order valence-electron chi connectivity index (χ3n) is 3.60. The highest BCUT2D eigenvalue weighted by molar-refractivity contribution is 8.00. The van der Waals surface area contributed by atoms with E-state index in [2.05, 4.69) is 12.2 Å². The van der Waals surface area contributed by atoms with Crippen molar-refractivity contribution in [3.8, 4) is 0 Å². The van der Waals surface area contributed by atoms with Gasteiger partial charge < -0.3 is 5.32 Å². The van der Waals surface area contributed by atoms with E-state index in [0.717, 1.165) is 20.9 Å². The summed E-state index contributed by atoms with van der Waals surface area (Å²) in [6, 6.07) is 6.27. The average Bonchev–Trinajstić information content (AvgIpc) is 2.34. The summed E-state index contributed by atoms with van der Waals surface area (Å²) in [7, 11) is 2.05. The minimum atomic E-state index is 0.571. The highest BCUT2D eigenvalue weighted by Crippen LogP contribution is 2.39. The number of benzene rings is 1. The van der Waals surface area contributed by atoms with Gasteiger partial charge in [0.1, 0.15) is 0 Å². The molecule has 0 bridgehead atoms. The molecule has 18 heavy (non-hydrogen) atoms. The van der Waals surface area contributed by atoms with E-state index in [1.807, 2.05) is 37.0 Å². The summed E-state index contributed by atoms with van der Waals surface area (Å²) >= 11 is 14.2. The van der Waals surface area contributed by atoms with Crippen molar-refractivity contribution in [3.63, 3.8) is 0 Å².